The van der Waals surface area contributed by atoms with Gasteiger partial charge in [0.1, 0.15) is 5.82 Å². The number of hydrogen-bond donors (Lipinski definition) is 1. The van der Waals surface area contributed by atoms with E-state index in [1.54, 1.807) is 6.07 Å². The van der Waals surface area contributed by atoms with Crippen molar-refractivity contribution in [1.82, 2.24) is 0 Å². The van der Waals surface area contributed by atoms with E-state index >= 15 is 0 Å². The SMILES string of the molecule is CCC(C)(C)C(N)c1c(C)cc(C)cc1F. The maximum atomic E-state index is 13.9. The number of benzene rings is 1. The van der Waals surface area contributed by atoms with Crippen molar-refractivity contribution in [2.45, 2.75) is 47.1 Å². The fourth-order valence-corrected chi connectivity index (χ4v) is 1.93. The Labute approximate surface area is 97.9 Å². The van der Waals surface area contributed by atoms with Crippen molar-refractivity contribution in [3.63, 3.8) is 0 Å². The molecular formula is C14H22FN. The first kappa shape index (κ1) is 13.2. The molecule has 0 aliphatic heterocycles. The van der Waals surface area contributed by atoms with Crippen molar-refractivity contribution in [1.29, 1.82) is 0 Å². The Hall–Kier alpha value is -0.890. The zero-order valence-electron chi connectivity index (χ0n) is 10.9. The van der Waals surface area contributed by atoms with E-state index in [1.165, 1.54) is 0 Å². The van der Waals surface area contributed by atoms with Crippen LogP contribution in [0.25, 0.3) is 0 Å². The molecule has 1 aromatic carbocycles. The quantitative estimate of drug-likeness (QED) is 0.826. The molecule has 0 aliphatic carbocycles. The van der Waals surface area contributed by atoms with Gasteiger partial charge in [-0.3, -0.25) is 0 Å². The van der Waals surface area contributed by atoms with E-state index in [-0.39, 0.29) is 17.3 Å². The Bertz CT molecular complexity index is 359. The summed E-state index contributed by atoms with van der Waals surface area (Å²) in [5, 5.41) is 0. The molecule has 0 aromatic heterocycles. The molecule has 0 aliphatic rings. The molecule has 2 heteroatoms. The molecule has 1 rings (SSSR count). The van der Waals surface area contributed by atoms with E-state index in [0.29, 0.717) is 5.56 Å². The second-order valence-corrected chi connectivity index (χ2v) is 5.30. The molecule has 0 bridgehead atoms. The number of rotatable bonds is 3. The first-order valence-electron chi connectivity index (χ1n) is 5.82. The van der Waals surface area contributed by atoms with Crippen LogP contribution in [0.2, 0.25) is 0 Å². The molecule has 0 fully saturated rings. The van der Waals surface area contributed by atoms with Crippen LogP contribution in [0, 0.1) is 25.1 Å². The van der Waals surface area contributed by atoms with Gasteiger partial charge < -0.3 is 5.73 Å². The van der Waals surface area contributed by atoms with Crippen LogP contribution >= 0.6 is 0 Å². The highest BCUT2D eigenvalue weighted by atomic mass is 19.1. The average molecular weight is 223 g/mol. The van der Waals surface area contributed by atoms with Crippen molar-refractivity contribution in [3.8, 4) is 0 Å². The Kier molecular flexibility index (Phi) is 3.74. The largest absolute Gasteiger partial charge is 0.323 e. The van der Waals surface area contributed by atoms with Gasteiger partial charge in [0.2, 0.25) is 0 Å². The predicted octanol–water partition coefficient (Wildman–Crippen LogP) is 3.88. The lowest BCUT2D eigenvalue weighted by Crippen LogP contribution is -2.30. The molecule has 1 nitrogen and oxygen atoms in total. The van der Waals surface area contributed by atoms with Crippen molar-refractivity contribution >= 4 is 0 Å². The summed E-state index contributed by atoms with van der Waals surface area (Å²) in [6.45, 7) is 10.1. The van der Waals surface area contributed by atoms with Crippen LogP contribution in [0.15, 0.2) is 12.1 Å². The molecule has 16 heavy (non-hydrogen) atoms. The van der Waals surface area contributed by atoms with Gasteiger partial charge in [-0.1, -0.05) is 26.8 Å². The molecule has 0 radical (unpaired) electrons. The molecule has 0 heterocycles. The Morgan fingerprint density at radius 2 is 1.88 bits per heavy atom. The summed E-state index contributed by atoms with van der Waals surface area (Å²) in [5.74, 6) is -0.175. The molecule has 1 atom stereocenters. The minimum atomic E-state index is -0.252. The molecule has 0 amide bonds. The Morgan fingerprint density at radius 3 is 2.31 bits per heavy atom. The van der Waals surface area contributed by atoms with Gasteiger partial charge in [-0.25, -0.2) is 4.39 Å². The fraction of sp³-hybridized carbons (Fsp3) is 0.571. The first-order chi connectivity index (χ1) is 7.29. The van der Waals surface area contributed by atoms with Crippen molar-refractivity contribution in [2.75, 3.05) is 0 Å². The number of halogens is 1. The van der Waals surface area contributed by atoms with E-state index < -0.39 is 0 Å². The molecule has 1 aromatic rings. The highest BCUT2D eigenvalue weighted by Crippen LogP contribution is 2.37. The van der Waals surface area contributed by atoms with Gasteiger partial charge in [0.25, 0.3) is 0 Å². The molecule has 90 valence electrons. The van der Waals surface area contributed by atoms with Crippen molar-refractivity contribution in [3.05, 3.63) is 34.6 Å². The van der Waals surface area contributed by atoms with Crippen molar-refractivity contribution in [2.24, 2.45) is 11.1 Å². The standard InChI is InChI=1S/C14H22FN/c1-6-14(4,5)13(16)12-10(3)7-9(2)8-11(12)15/h7-8,13H,6,16H2,1-5H3. The molecule has 0 saturated heterocycles. The van der Waals surface area contributed by atoms with E-state index in [1.807, 2.05) is 19.9 Å². The first-order valence-corrected chi connectivity index (χ1v) is 5.82. The average Bonchev–Trinajstić information content (AvgIpc) is 2.15. The highest BCUT2D eigenvalue weighted by molar-refractivity contribution is 5.35. The lowest BCUT2D eigenvalue weighted by Gasteiger charge is -2.32. The third kappa shape index (κ3) is 2.43. The lowest BCUT2D eigenvalue weighted by atomic mass is 9.77. The van der Waals surface area contributed by atoms with Crippen LogP contribution in [0.4, 0.5) is 4.39 Å². The second kappa shape index (κ2) is 4.54. The van der Waals surface area contributed by atoms with Crippen LogP contribution < -0.4 is 5.73 Å². The van der Waals surface area contributed by atoms with Crippen LogP contribution in [0.3, 0.4) is 0 Å². The minimum absolute atomic E-state index is 0.0825. The molecular weight excluding hydrogens is 201 g/mol. The summed E-state index contributed by atoms with van der Waals surface area (Å²) >= 11 is 0. The third-order valence-corrected chi connectivity index (χ3v) is 3.54. The summed E-state index contributed by atoms with van der Waals surface area (Å²) in [5.41, 5.74) is 8.67. The maximum Gasteiger partial charge on any atom is 0.128 e. The zero-order chi connectivity index (χ0) is 12.5. The van der Waals surface area contributed by atoms with Gasteiger partial charge in [0.15, 0.2) is 0 Å². The van der Waals surface area contributed by atoms with Gasteiger partial charge in [-0.2, -0.15) is 0 Å². The topological polar surface area (TPSA) is 26.0 Å². The second-order valence-electron chi connectivity index (χ2n) is 5.30. The van der Waals surface area contributed by atoms with Gasteiger partial charge >= 0.3 is 0 Å². The summed E-state index contributed by atoms with van der Waals surface area (Å²) < 4.78 is 13.9. The number of hydrogen-bond acceptors (Lipinski definition) is 1. The van der Waals surface area contributed by atoms with Crippen LogP contribution in [0.1, 0.15) is 49.9 Å². The van der Waals surface area contributed by atoms with E-state index in [2.05, 4.69) is 20.8 Å². The van der Waals surface area contributed by atoms with Crippen LogP contribution in [-0.2, 0) is 0 Å². The smallest absolute Gasteiger partial charge is 0.128 e. The normalized spacial score (nSPS) is 13.9. The molecule has 0 spiro atoms. The molecule has 1 unspecified atom stereocenters. The minimum Gasteiger partial charge on any atom is -0.323 e. The van der Waals surface area contributed by atoms with E-state index in [9.17, 15) is 4.39 Å². The van der Waals surface area contributed by atoms with Crippen molar-refractivity contribution < 1.29 is 4.39 Å². The van der Waals surface area contributed by atoms with E-state index in [4.69, 9.17) is 5.73 Å². The summed E-state index contributed by atoms with van der Waals surface area (Å²) in [6, 6.07) is 3.30. The number of nitrogens with two attached hydrogens (primary N) is 1. The van der Waals surface area contributed by atoms with Gasteiger partial charge in [-0.15, -0.1) is 0 Å². The zero-order valence-corrected chi connectivity index (χ0v) is 10.9. The Balaban J connectivity index is 3.24. The van der Waals surface area contributed by atoms with E-state index in [0.717, 1.165) is 17.5 Å². The fourth-order valence-electron chi connectivity index (χ4n) is 1.93. The summed E-state index contributed by atoms with van der Waals surface area (Å²) in [6.07, 6.45) is 0.931. The molecule has 0 saturated carbocycles. The van der Waals surface area contributed by atoms with Crippen LogP contribution in [-0.4, -0.2) is 0 Å². The van der Waals surface area contributed by atoms with Gasteiger partial charge in [0, 0.05) is 11.6 Å². The Morgan fingerprint density at radius 1 is 1.31 bits per heavy atom. The van der Waals surface area contributed by atoms with Gasteiger partial charge in [-0.05, 0) is 42.9 Å². The van der Waals surface area contributed by atoms with Crippen LogP contribution in [0.5, 0.6) is 0 Å². The monoisotopic (exact) mass is 223 g/mol. The number of aryl methyl sites for hydroxylation is 2. The van der Waals surface area contributed by atoms with Gasteiger partial charge in [0.05, 0.1) is 0 Å². The lowest BCUT2D eigenvalue weighted by molar-refractivity contribution is 0.272. The highest BCUT2D eigenvalue weighted by Gasteiger charge is 2.29. The summed E-state index contributed by atoms with van der Waals surface area (Å²) in [4.78, 5) is 0. The predicted molar refractivity (Wildman–Crippen MR) is 66.9 cm³/mol. The third-order valence-electron chi connectivity index (χ3n) is 3.54. The summed E-state index contributed by atoms with van der Waals surface area (Å²) in [7, 11) is 0. The maximum absolute atomic E-state index is 13.9. The molecule has 2 N–H and O–H groups in total.